The molecule has 1 fully saturated rings. The fourth-order valence-electron chi connectivity index (χ4n) is 4.61. The molecular weight excluding hydrogens is 406 g/mol. The molecule has 32 heavy (non-hydrogen) atoms. The first-order valence-electron chi connectivity index (χ1n) is 11.0. The number of allylic oxidation sites excluding steroid dienone is 1. The number of aromatic amines is 1. The largest absolute Gasteiger partial charge is 0.337 e. The van der Waals surface area contributed by atoms with E-state index in [1.807, 2.05) is 19.1 Å². The van der Waals surface area contributed by atoms with Gasteiger partial charge in [-0.25, -0.2) is 0 Å². The number of anilines is 3. The molecule has 0 unspecified atom stereocenters. The molecule has 0 saturated carbocycles. The van der Waals surface area contributed by atoms with Crippen LogP contribution in [0.2, 0.25) is 0 Å². The van der Waals surface area contributed by atoms with Crippen LogP contribution in [0.3, 0.4) is 0 Å². The Hall–Kier alpha value is -3.42. The third-order valence-corrected chi connectivity index (χ3v) is 6.34. The second kappa shape index (κ2) is 8.61. The van der Waals surface area contributed by atoms with Crippen LogP contribution in [0.1, 0.15) is 63.5 Å². The van der Waals surface area contributed by atoms with Crippen LogP contribution >= 0.6 is 0 Å². The number of fused-ring (bicyclic) bond motifs is 1. The molecule has 2 aliphatic rings. The van der Waals surface area contributed by atoms with Crippen LogP contribution in [0, 0.1) is 0 Å². The van der Waals surface area contributed by atoms with Gasteiger partial charge in [-0.1, -0.05) is 24.3 Å². The maximum atomic E-state index is 13.1. The Morgan fingerprint density at radius 3 is 2.44 bits per heavy atom. The molecule has 168 valence electrons. The first-order chi connectivity index (χ1) is 15.2. The Labute approximate surface area is 187 Å². The summed E-state index contributed by atoms with van der Waals surface area (Å²) in [6, 6.07) is 7.72. The first-order valence-corrected chi connectivity index (χ1v) is 11.0. The molecule has 4 rings (SSSR count). The Kier molecular flexibility index (Phi) is 5.86. The van der Waals surface area contributed by atoms with Crippen LogP contribution in [-0.2, 0) is 9.59 Å². The minimum Gasteiger partial charge on any atom is -0.337 e. The van der Waals surface area contributed by atoms with Crippen molar-refractivity contribution in [3.63, 3.8) is 0 Å². The molecule has 8 nitrogen and oxygen atoms in total. The van der Waals surface area contributed by atoms with Crippen LogP contribution in [-0.4, -0.2) is 33.9 Å². The Morgan fingerprint density at radius 2 is 1.81 bits per heavy atom. The van der Waals surface area contributed by atoms with E-state index in [0.29, 0.717) is 11.6 Å². The minimum atomic E-state index is -0.916. The summed E-state index contributed by atoms with van der Waals surface area (Å²) in [7, 11) is 0. The minimum absolute atomic E-state index is 0.108. The molecule has 3 N–H and O–H groups in total. The van der Waals surface area contributed by atoms with E-state index in [1.165, 1.54) is 0 Å². The van der Waals surface area contributed by atoms with Gasteiger partial charge in [0.05, 0.1) is 11.5 Å². The highest BCUT2D eigenvalue weighted by molar-refractivity contribution is 6.04. The molecule has 1 aromatic heterocycles. The summed E-state index contributed by atoms with van der Waals surface area (Å²) < 4.78 is 0. The van der Waals surface area contributed by atoms with Crippen LogP contribution in [0.4, 0.5) is 17.5 Å². The lowest BCUT2D eigenvalue weighted by atomic mass is 9.92. The third-order valence-electron chi connectivity index (χ3n) is 6.34. The van der Waals surface area contributed by atoms with Gasteiger partial charge in [-0.15, -0.1) is 0 Å². The number of amides is 2. The lowest BCUT2D eigenvalue weighted by Gasteiger charge is -2.39. The van der Waals surface area contributed by atoms with E-state index in [2.05, 4.69) is 45.9 Å². The normalized spacial score (nSPS) is 22.7. The zero-order valence-electron chi connectivity index (χ0n) is 18.7. The van der Waals surface area contributed by atoms with Gasteiger partial charge in [0.2, 0.25) is 17.8 Å². The third kappa shape index (κ3) is 4.17. The smallest absolute Gasteiger partial charge is 0.258 e. The number of carbonyl (C=O) groups is 2. The van der Waals surface area contributed by atoms with Gasteiger partial charge in [0.1, 0.15) is 5.82 Å². The molecule has 2 amide bonds. The summed E-state index contributed by atoms with van der Waals surface area (Å²) in [6.07, 6.45) is 3.03. The molecule has 2 aliphatic heterocycles. The van der Waals surface area contributed by atoms with E-state index in [9.17, 15) is 14.4 Å². The maximum absolute atomic E-state index is 13.1. The number of rotatable bonds is 4. The first kappa shape index (κ1) is 21.8. The average Bonchev–Trinajstić information content (AvgIpc) is 2.73. The van der Waals surface area contributed by atoms with Crippen molar-refractivity contribution in [3.05, 3.63) is 52.3 Å². The van der Waals surface area contributed by atoms with Crippen molar-refractivity contribution in [1.29, 1.82) is 0 Å². The summed E-state index contributed by atoms with van der Waals surface area (Å²) >= 11 is 0. The number of H-pyrrole nitrogens is 1. The molecule has 0 spiro atoms. The molecule has 0 radical (unpaired) electrons. The number of carbonyl (C=O) groups excluding carboxylic acids is 2. The van der Waals surface area contributed by atoms with Crippen LogP contribution in [0.25, 0.3) is 5.57 Å². The van der Waals surface area contributed by atoms with Gasteiger partial charge in [-0.05, 0) is 57.7 Å². The van der Waals surface area contributed by atoms with Crippen molar-refractivity contribution < 1.29 is 9.59 Å². The number of benzene rings is 1. The molecular formula is C24H29N5O3. The lowest BCUT2D eigenvalue weighted by molar-refractivity contribution is -0.123. The number of nitrogens with zero attached hydrogens (tertiary/aromatic N) is 2. The number of piperidine rings is 1. The summed E-state index contributed by atoms with van der Waals surface area (Å²) in [5.41, 5.74) is 2.28. The molecule has 8 heteroatoms. The highest BCUT2D eigenvalue weighted by Crippen LogP contribution is 2.32. The fourth-order valence-corrected chi connectivity index (χ4v) is 4.61. The average molecular weight is 436 g/mol. The van der Waals surface area contributed by atoms with E-state index in [0.717, 1.165) is 30.4 Å². The predicted octanol–water partition coefficient (Wildman–Crippen LogP) is 3.63. The SMILES string of the molecule is C=C(C)c1ccc(NC(=O)[C@@H]2CC(=O)Nc3nc(N4[C@H](C)CCC[C@H]4C)[nH]c(=O)c32)cc1. The van der Waals surface area contributed by atoms with Gasteiger partial charge in [0, 0.05) is 24.2 Å². The number of aromatic nitrogens is 2. The van der Waals surface area contributed by atoms with Gasteiger partial charge in [0.25, 0.3) is 5.56 Å². The van der Waals surface area contributed by atoms with E-state index in [4.69, 9.17) is 0 Å². The zero-order valence-corrected chi connectivity index (χ0v) is 18.7. The van der Waals surface area contributed by atoms with Crippen molar-refractivity contribution in [1.82, 2.24) is 9.97 Å². The highest BCUT2D eigenvalue weighted by Gasteiger charge is 2.36. The Balaban J connectivity index is 1.64. The monoisotopic (exact) mass is 435 g/mol. The van der Waals surface area contributed by atoms with Crippen LogP contribution < -0.4 is 21.1 Å². The highest BCUT2D eigenvalue weighted by atomic mass is 16.2. The fraction of sp³-hybridized carbons (Fsp3) is 0.417. The summed E-state index contributed by atoms with van der Waals surface area (Å²) in [5, 5.41) is 5.51. The van der Waals surface area contributed by atoms with Gasteiger partial charge >= 0.3 is 0 Å². The van der Waals surface area contributed by atoms with Gasteiger partial charge in [-0.3, -0.25) is 19.4 Å². The maximum Gasteiger partial charge on any atom is 0.258 e. The van der Waals surface area contributed by atoms with E-state index < -0.39 is 17.4 Å². The van der Waals surface area contributed by atoms with E-state index in [-0.39, 0.29) is 35.8 Å². The van der Waals surface area contributed by atoms with Crippen molar-refractivity contribution in [2.24, 2.45) is 0 Å². The number of hydrogen-bond donors (Lipinski definition) is 3. The molecule has 0 aliphatic carbocycles. The van der Waals surface area contributed by atoms with Crippen molar-refractivity contribution in [2.45, 2.75) is 64.5 Å². The Bertz CT molecular complexity index is 1110. The number of hydrogen-bond acceptors (Lipinski definition) is 5. The molecule has 1 aromatic carbocycles. The van der Waals surface area contributed by atoms with Crippen molar-refractivity contribution in [2.75, 3.05) is 15.5 Å². The predicted molar refractivity (Wildman–Crippen MR) is 126 cm³/mol. The standard InChI is InChI=1S/C24H29N5O3/c1-13(2)16-8-10-17(11-9-16)25-22(31)18-12-19(30)26-21-20(18)23(32)28-24(27-21)29-14(3)6-5-7-15(29)4/h8-11,14-15,18H,1,5-7,12H2,2-4H3,(H,25,31)(H2,26,27,28,30,32)/t14-,15-,18-/m1/s1. The second-order valence-corrected chi connectivity index (χ2v) is 8.84. The molecule has 2 aromatic rings. The van der Waals surface area contributed by atoms with Crippen molar-refractivity contribution in [3.8, 4) is 0 Å². The van der Waals surface area contributed by atoms with Crippen LogP contribution in [0.15, 0.2) is 35.6 Å². The van der Waals surface area contributed by atoms with Gasteiger partial charge in [0.15, 0.2) is 0 Å². The number of nitrogens with one attached hydrogen (secondary N) is 3. The lowest BCUT2D eigenvalue weighted by Crippen LogP contribution is -2.46. The summed E-state index contributed by atoms with van der Waals surface area (Å²) in [6.45, 7) is 10.0. The van der Waals surface area contributed by atoms with E-state index in [1.54, 1.807) is 12.1 Å². The Morgan fingerprint density at radius 1 is 1.16 bits per heavy atom. The topological polar surface area (TPSA) is 107 Å². The summed E-state index contributed by atoms with van der Waals surface area (Å²) in [5.74, 6) is -1.06. The zero-order chi connectivity index (χ0) is 23.0. The molecule has 0 bridgehead atoms. The molecule has 3 heterocycles. The molecule has 3 atom stereocenters. The summed E-state index contributed by atoms with van der Waals surface area (Å²) in [4.78, 5) is 48.0. The molecule has 1 saturated heterocycles. The second-order valence-electron chi connectivity index (χ2n) is 8.84. The van der Waals surface area contributed by atoms with E-state index >= 15 is 0 Å². The quantitative estimate of drug-likeness (QED) is 0.680. The van der Waals surface area contributed by atoms with Gasteiger partial charge in [-0.2, -0.15) is 4.98 Å². The van der Waals surface area contributed by atoms with Crippen molar-refractivity contribution >= 4 is 34.8 Å². The van der Waals surface area contributed by atoms with Crippen LogP contribution in [0.5, 0.6) is 0 Å². The van der Waals surface area contributed by atoms with Gasteiger partial charge < -0.3 is 15.5 Å².